The van der Waals surface area contributed by atoms with Crippen molar-refractivity contribution in [1.29, 1.82) is 0 Å². The number of anilines is 2. The fraction of sp³-hybridized carbons (Fsp3) is 0.250. The van der Waals surface area contributed by atoms with Crippen molar-refractivity contribution >= 4 is 61.3 Å². The monoisotopic (exact) mass is 394 g/mol. The first-order valence-electron chi connectivity index (χ1n) is 6.30. The van der Waals surface area contributed by atoms with Crippen LogP contribution in [0.3, 0.4) is 0 Å². The van der Waals surface area contributed by atoms with Gasteiger partial charge >= 0.3 is 0 Å². The topological polar surface area (TPSA) is 101 Å². The average Bonchev–Trinajstić information content (AvgIpc) is 2.86. The van der Waals surface area contributed by atoms with Gasteiger partial charge in [0.1, 0.15) is 0 Å². The Balaban J connectivity index is 2.20. The second-order valence-electron chi connectivity index (χ2n) is 4.78. The smallest absolute Gasteiger partial charge is 0.291 e. The first kappa shape index (κ1) is 17.9. The molecule has 1 aromatic heterocycles. The van der Waals surface area contributed by atoms with E-state index in [0.29, 0.717) is 0 Å². The summed E-state index contributed by atoms with van der Waals surface area (Å²) >= 11 is 12.4. The number of rotatable bonds is 5. The van der Waals surface area contributed by atoms with E-state index in [1.165, 1.54) is 18.2 Å². The van der Waals surface area contributed by atoms with Crippen molar-refractivity contribution in [3.63, 3.8) is 0 Å². The summed E-state index contributed by atoms with van der Waals surface area (Å²) in [6.07, 6.45) is 0. The van der Waals surface area contributed by atoms with Crippen LogP contribution in [0.5, 0.6) is 0 Å². The molecule has 0 aliphatic rings. The summed E-state index contributed by atoms with van der Waals surface area (Å²) in [6.45, 7) is 3.41. The van der Waals surface area contributed by atoms with Crippen LogP contribution in [0.15, 0.2) is 22.5 Å². The Morgan fingerprint density at radius 2 is 1.78 bits per heavy atom. The van der Waals surface area contributed by atoms with Gasteiger partial charge in [-0.1, -0.05) is 48.4 Å². The van der Waals surface area contributed by atoms with E-state index in [9.17, 15) is 13.2 Å². The zero-order valence-electron chi connectivity index (χ0n) is 12.0. The minimum Gasteiger partial charge on any atom is -0.300 e. The second kappa shape index (κ2) is 7.00. The van der Waals surface area contributed by atoms with Gasteiger partial charge in [-0.2, -0.15) is 8.42 Å². The third-order valence-corrected chi connectivity index (χ3v) is 5.53. The summed E-state index contributed by atoms with van der Waals surface area (Å²) in [4.78, 5) is 11.6. The van der Waals surface area contributed by atoms with Crippen molar-refractivity contribution in [2.75, 3.05) is 10.0 Å². The van der Waals surface area contributed by atoms with E-state index in [-0.39, 0.29) is 37.0 Å². The van der Waals surface area contributed by atoms with Crippen LogP contribution < -0.4 is 10.0 Å². The van der Waals surface area contributed by atoms with Crippen LogP contribution in [0, 0.1) is 5.92 Å². The van der Waals surface area contributed by atoms with Gasteiger partial charge in [0.05, 0.1) is 5.69 Å². The number of benzene rings is 1. The number of nitrogens with zero attached hydrogens (tertiary/aromatic N) is 2. The van der Waals surface area contributed by atoms with Gasteiger partial charge in [-0.25, -0.2) is 0 Å². The molecular weight excluding hydrogens is 383 g/mol. The van der Waals surface area contributed by atoms with Crippen LogP contribution >= 0.6 is 34.5 Å². The van der Waals surface area contributed by atoms with Crippen molar-refractivity contribution in [2.24, 2.45) is 5.92 Å². The van der Waals surface area contributed by atoms with Gasteiger partial charge in [-0.15, -0.1) is 10.2 Å². The molecular formula is C12H12Cl2N4O3S2. The molecule has 0 spiro atoms. The SMILES string of the molecule is CC(C)C(=O)Nc1nnc(S(=O)(=O)Nc2cc(Cl)cc(Cl)c2)s1. The number of hydrogen-bond donors (Lipinski definition) is 2. The lowest BCUT2D eigenvalue weighted by molar-refractivity contribution is -0.118. The highest BCUT2D eigenvalue weighted by atomic mass is 35.5. The minimum atomic E-state index is -3.96. The summed E-state index contributed by atoms with van der Waals surface area (Å²) in [5.74, 6) is -0.537. The lowest BCUT2D eigenvalue weighted by atomic mass is 10.2. The van der Waals surface area contributed by atoms with Crippen LogP contribution in [0.4, 0.5) is 10.8 Å². The van der Waals surface area contributed by atoms with Crippen LogP contribution in [0.2, 0.25) is 10.0 Å². The zero-order valence-corrected chi connectivity index (χ0v) is 15.1. The molecule has 2 N–H and O–H groups in total. The first-order chi connectivity index (χ1) is 10.7. The maximum Gasteiger partial charge on any atom is 0.291 e. The third kappa shape index (κ3) is 4.77. The molecule has 0 aliphatic carbocycles. The van der Waals surface area contributed by atoms with Gasteiger partial charge in [-0.3, -0.25) is 9.52 Å². The van der Waals surface area contributed by atoms with E-state index in [2.05, 4.69) is 20.2 Å². The van der Waals surface area contributed by atoms with E-state index in [0.717, 1.165) is 11.3 Å². The highest BCUT2D eigenvalue weighted by Crippen LogP contribution is 2.26. The average molecular weight is 395 g/mol. The number of carbonyl (C=O) groups excluding carboxylic acids is 1. The lowest BCUT2D eigenvalue weighted by Gasteiger charge is -2.06. The molecule has 11 heteroatoms. The van der Waals surface area contributed by atoms with Crippen molar-refractivity contribution < 1.29 is 13.2 Å². The molecule has 0 saturated carbocycles. The fourth-order valence-corrected chi connectivity index (χ4v) is 3.90. The molecule has 124 valence electrons. The Bertz CT molecular complexity index is 816. The number of hydrogen-bond acceptors (Lipinski definition) is 6. The Hall–Kier alpha value is -1.42. The Morgan fingerprint density at radius 3 is 2.35 bits per heavy atom. The summed E-state index contributed by atoms with van der Waals surface area (Å²) < 4.78 is 26.5. The van der Waals surface area contributed by atoms with Gasteiger partial charge in [0, 0.05) is 16.0 Å². The number of carbonyl (C=O) groups is 1. The molecule has 7 nitrogen and oxygen atoms in total. The van der Waals surface area contributed by atoms with Crippen LogP contribution in [-0.4, -0.2) is 24.5 Å². The normalized spacial score (nSPS) is 11.5. The van der Waals surface area contributed by atoms with Gasteiger partial charge in [0.15, 0.2) is 0 Å². The van der Waals surface area contributed by atoms with Crippen molar-refractivity contribution in [3.05, 3.63) is 28.2 Å². The molecule has 0 atom stereocenters. The van der Waals surface area contributed by atoms with Gasteiger partial charge in [-0.05, 0) is 18.2 Å². The quantitative estimate of drug-likeness (QED) is 0.757. The molecule has 1 heterocycles. The summed E-state index contributed by atoms with van der Waals surface area (Å²) in [5, 5.41) is 10.4. The predicted octanol–water partition coefficient (Wildman–Crippen LogP) is 3.24. The fourth-order valence-electron chi connectivity index (χ4n) is 1.43. The summed E-state index contributed by atoms with van der Waals surface area (Å²) in [6, 6.07) is 4.30. The summed E-state index contributed by atoms with van der Waals surface area (Å²) in [5.41, 5.74) is 0.200. The number of halogens is 2. The number of amides is 1. The van der Waals surface area contributed by atoms with Crippen molar-refractivity contribution in [3.8, 4) is 0 Å². The molecule has 0 saturated heterocycles. The van der Waals surface area contributed by atoms with Crippen LogP contribution in [0.1, 0.15) is 13.8 Å². The molecule has 0 unspecified atom stereocenters. The molecule has 0 radical (unpaired) electrons. The number of aromatic nitrogens is 2. The highest BCUT2D eigenvalue weighted by molar-refractivity contribution is 7.94. The molecule has 2 aromatic rings. The summed E-state index contributed by atoms with van der Waals surface area (Å²) in [7, 11) is -3.96. The third-order valence-electron chi connectivity index (χ3n) is 2.51. The molecule has 1 aromatic carbocycles. The number of sulfonamides is 1. The first-order valence-corrected chi connectivity index (χ1v) is 9.36. The number of nitrogens with one attached hydrogen (secondary N) is 2. The molecule has 2 rings (SSSR count). The second-order valence-corrected chi connectivity index (χ2v) is 8.49. The minimum absolute atomic E-state index is 0.105. The molecule has 23 heavy (non-hydrogen) atoms. The van der Waals surface area contributed by atoms with E-state index in [4.69, 9.17) is 23.2 Å². The Kier molecular flexibility index (Phi) is 5.45. The largest absolute Gasteiger partial charge is 0.300 e. The molecule has 0 aliphatic heterocycles. The van der Waals surface area contributed by atoms with Crippen LogP contribution in [0.25, 0.3) is 0 Å². The molecule has 0 bridgehead atoms. The van der Waals surface area contributed by atoms with E-state index in [1.54, 1.807) is 13.8 Å². The molecule has 0 fully saturated rings. The van der Waals surface area contributed by atoms with Gasteiger partial charge in [0.2, 0.25) is 11.0 Å². The van der Waals surface area contributed by atoms with Crippen LogP contribution in [-0.2, 0) is 14.8 Å². The predicted molar refractivity (Wildman–Crippen MR) is 90.6 cm³/mol. The van der Waals surface area contributed by atoms with E-state index in [1.807, 2.05) is 0 Å². The zero-order chi connectivity index (χ0) is 17.2. The highest BCUT2D eigenvalue weighted by Gasteiger charge is 2.22. The Labute approximate surface area is 147 Å². The maximum atomic E-state index is 12.3. The van der Waals surface area contributed by atoms with Gasteiger partial charge < -0.3 is 5.32 Å². The lowest BCUT2D eigenvalue weighted by Crippen LogP contribution is -2.17. The van der Waals surface area contributed by atoms with Crippen molar-refractivity contribution in [1.82, 2.24) is 10.2 Å². The maximum absolute atomic E-state index is 12.3. The van der Waals surface area contributed by atoms with Gasteiger partial charge in [0.25, 0.3) is 14.4 Å². The van der Waals surface area contributed by atoms with E-state index < -0.39 is 10.0 Å². The van der Waals surface area contributed by atoms with E-state index >= 15 is 0 Å². The molecule has 1 amide bonds. The standard InChI is InChI=1S/C12H12Cl2N4O3S2/c1-6(2)10(19)15-11-16-17-12(22-11)23(20,21)18-9-4-7(13)3-8(14)5-9/h3-6,18H,1-2H3,(H,15,16,19). The van der Waals surface area contributed by atoms with Crippen molar-refractivity contribution in [2.45, 2.75) is 18.2 Å². The Morgan fingerprint density at radius 1 is 1.17 bits per heavy atom.